The Morgan fingerprint density at radius 1 is 0.432 bits per heavy atom. The fraction of sp³-hybridized carbons (Fsp3) is 0.457. The molecular formula is C70H83BN2S. The molecule has 382 valence electrons. The van der Waals surface area contributed by atoms with Crippen LogP contribution in [0.2, 0.25) is 0 Å². The van der Waals surface area contributed by atoms with Crippen LogP contribution in [0.1, 0.15) is 208 Å². The van der Waals surface area contributed by atoms with E-state index in [0.717, 1.165) is 0 Å². The lowest BCUT2D eigenvalue weighted by Crippen LogP contribution is -2.61. The van der Waals surface area contributed by atoms with Crippen LogP contribution in [0, 0.1) is 0 Å². The van der Waals surface area contributed by atoms with Gasteiger partial charge in [-0.2, -0.15) is 0 Å². The normalized spacial score (nSPS) is 20.3. The van der Waals surface area contributed by atoms with Crippen molar-refractivity contribution in [3.05, 3.63) is 148 Å². The SMILES string of the molecule is CC(C)(C)c1ccc(N2c3cc4c(cc3B3c5sc6cc7c(cc6c5N(c5ccc6c(c5)C(C)(C)CCC6(C)C)c5cc(C(C)(C)C)cc2c53)C(C)(C)CCC7(C)C)C(C)(C)CCC4(C)C)c(-c2ccccc2)c1. The summed E-state index contributed by atoms with van der Waals surface area (Å²) in [6.45, 7) is 44.3. The highest BCUT2D eigenvalue weighted by molar-refractivity contribution is 7.33. The van der Waals surface area contributed by atoms with Crippen molar-refractivity contribution in [2.75, 3.05) is 9.80 Å². The van der Waals surface area contributed by atoms with Gasteiger partial charge < -0.3 is 9.80 Å². The van der Waals surface area contributed by atoms with Gasteiger partial charge in [-0.1, -0.05) is 173 Å². The highest BCUT2D eigenvalue weighted by Crippen LogP contribution is 2.57. The van der Waals surface area contributed by atoms with E-state index < -0.39 is 0 Å². The molecule has 0 bridgehead atoms. The molecule has 0 unspecified atom stereocenters. The molecule has 3 aliphatic carbocycles. The Labute approximate surface area is 450 Å². The summed E-state index contributed by atoms with van der Waals surface area (Å²) in [6.07, 6.45) is 7.11. The summed E-state index contributed by atoms with van der Waals surface area (Å²) in [5.74, 6) is 0. The van der Waals surface area contributed by atoms with Gasteiger partial charge in [-0.25, -0.2) is 0 Å². The van der Waals surface area contributed by atoms with E-state index in [4.69, 9.17) is 0 Å². The Morgan fingerprint density at radius 3 is 1.50 bits per heavy atom. The van der Waals surface area contributed by atoms with Crippen molar-refractivity contribution in [3.8, 4) is 11.1 Å². The zero-order chi connectivity index (χ0) is 52.8. The Bertz CT molecular complexity index is 3490. The molecular weight excluding hydrogens is 912 g/mol. The van der Waals surface area contributed by atoms with Crippen LogP contribution < -0.4 is 25.5 Å². The van der Waals surface area contributed by atoms with Crippen molar-refractivity contribution in [2.45, 2.75) is 206 Å². The molecule has 0 radical (unpaired) electrons. The molecule has 12 rings (SSSR count). The first-order valence-electron chi connectivity index (χ1n) is 28.3. The summed E-state index contributed by atoms with van der Waals surface area (Å²) < 4.78 is 2.90. The van der Waals surface area contributed by atoms with Gasteiger partial charge in [0.15, 0.2) is 0 Å². The third kappa shape index (κ3) is 7.43. The van der Waals surface area contributed by atoms with Crippen LogP contribution in [-0.2, 0) is 43.3 Å². The number of fused-ring (bicyclic) bond motifs is 9. The van der Waals surface area contributed by atoms with E-state index in [1.165, 1.54) is 154 Å². The number of hydrogen-bond acceptors (Lipinski definition) is 3. The van der Waals surface area contributed by atoms with Gasteiger partial charge in [-0.05, 0) is 197 Å². The lowest BCUT2D eigenvalue weighted by molar-refractivity contribution is 0.332. The summed E-state index contributed by atoms with van der Waals surface area (Å²) >= 11 is 2.09. The third-order valence-corrected chi connectivity index (χ3v) is 21.0. The monoisotopic (exact) mass is 995 g/mol. The first-order valence-corrected chi connectivity index (χ1v) is 29.2. The molecule has 0 saturated heterocycles. The molecule has 2 aliphatic heterocycles. The zero-order valence-electron chi connectivity index (χ0n) is 48.4. The number of benzene rings is 6. The van der Waals surface area contributed by atoms with Crippen molar-refractivity contribution >= 4 is 78.0 Å². The van der Waals surface area contributed by atoms with Gasteiger partial charge in [0.2, 0.25) is 0 Å². The fourth-order valence-electron chi connectivity index (χ4n) is 14.3. The number of nitrogens with zero attached hydrogens (tertiary/aromatic N) is 2. The van der Waals surface area contributed by atoms with Crippen LogP contribution in [0.25, 0.3) is 21.2 Å². The van der Waals surface area contributed by atoms with Crippen LogP contribution in [0.15, 0.2) is 103 Å². The topological polar surface area (TPSA) is 6.48 Å². The van der Waals surface area contributed by atoms with Gasteiger partial charge in [0.05, 0.1) is 11.4 Å². The minimum absolute atomic E-state index is 0.0205. The second kappa shape index (κ2) is 15.8. The van der Waals surface area contributed by atoms with Gasteiger partial charge in [0, 0.05) is 43.2 Å². The van der Waals surface area contributed by atoms with Gasteiger partial charge >= 0.3 is 0 Å². The highest BCUT2D eigenvalue weighted by atomic mass is 32.1. The van der Waals surface area contributed by atoms with E-state index in [2.05, 4.69) is 249 Å². The number of rotatable bonds is 3. The summed E-state index contributed by atoms with van der Waals surface area (Å²) in [5, 5.41) is 1.41. The van der Waals surface area contributed by atoms with Crippen molar-refractivity contribution < 1.29 is 0 Å². The summed E-state index contributed by atoms with van der Waals surface area (Å²) in [6, 6.07) is 42.4. The lowest BCUT2D eigenvalue weighted by Gasteiger charge is -2.48. The van der Waals surface area contributed by atoms with Crippen LogP contribution in [0.5, 0.6) is 0 Å². The maximum atomic E-state index is 2.79. The number of hydrogen-bond donors (Lipinski definition) is 0. The average molecular weight is 995 g/mol. The summed E-state index contributed by atoms with van der Waals surface area (Å²) in [7, 11) is 0. The second-order valence-electron chi connectivity index (χ2n) is 29.8. The molecule has 1 aromatic heterocycles. The van der Waals surface area contributed by atoms with Crippen LogP contribution in [-0.4, -0.2) is 6.71 Å². The largest absolute Gasteiger partial charge is 0.311 e. The molecule has 5 aliphatic rings. The molecule has 0 atom stereocenters. The van der Waals surface area contributed by atoms with E-state index in [0.29, 0.717) is 0 Å². The van der Waals surface area contributed by atoms with Gasteiger partial charge in [-0.3, -0.25) is 0 Å². The van der Waals surface area contributed by atoms with Crippen molar-refractivity contribution in [3.63, 3.8) is 0 Å². The molecule has 0 saturated carbocycles. The first kappa shape index (κ1) is 49.8. The highest BCUT2D eigenvalue weighted by Gasteiger charge is 2.50. The van der Waals surface area contributed by atoms with Crippen molar-refractivity contribution in [1.82, 2.24) is 0 Å². The minimum atomic E-state index is -0.133. The standard InChI is InChI=1S/C70H83BN2S/c1-63(2,3)43-24-27-55(46(34-43)42-22-20-19-21-23-42)73-56-40-52-51(68(13,14)31-32-69(52,15)16)39-54(56)71-60-57(35-44(36-58(60)73)64(4,5)6)72(45-25-26-48-49(37-45)66(9,10)29-28-65(48,7)8)61-47-38-50-53(41-59(47)74-62(61)71)70(17,18)33-30-67(50,11)12/h19-27,34-41H,28-33H2,1-18H3. The molecule has 0 amide bonds. The van der Waals surface area contributed by atoms with Crippen LogP contribution in [0.3, 0.4) is 0 Å². The summed E-state index contributed by atoms with van der Waals surface area (Å²) in [4.78, 5) is 5.55. The van der Waals surface area contributed by atoms with Crippen molar-refractivity contribution in [2.24, 2.45) is 0 Å². The van der Waals surface area contributed by atoms with Gasteiger partial charge in [-0.15, -0.1) is 11.3 Å². The zero-order valence-corrected chi connectivity index (χ0v) is 49.3. The maximum absolute atomic E-state index is 2.79. The Morgan fingerprint density at radius 2 is 0.932 bits per heavy atom. The van der Waals surface area contributed by atoms with Gasteiger partial charge in [0.25, 0.3) is 6.71 Å². The number of anilines is 6. The van der Waals surface area contributed by atoms with Crippen LogP contribution in [0.4, 0.5) is 34.1 Å². The van der Waals surface area contributed by atoms with E-state index in [1.807, 2.05) is 0 Å². The van der Waals surface area contributed by atoms with Crippen LogP contribution >= 0.6 is 11.3 Å². The smallest absolute Gasteiger partial charge is 0.264 e. The summed E-state index contributed by atoms with van der Waals surface area (Å²) in [5.41, 5.74) is 25.4. The average Bonchev–Trinajstić information content (AvgIpc) is 3.77. The predicted octanol–water partition coefficient (Wildman–Crippen LogP) is 18.3. The van der Waals surface area contributed by atoms with E-state index in [1.54, 1.807) is 0 Å². The molecule has 3 heterocycles. The number of thiophene rings is 1. The Kier molecular flexibility index (Phi) is 10.6. The molecule has 0 fully saturated rings. The molecule has 6 aromatic carbocycles. The molecule has 0 spiro atoms. The second-order valence-corrected chi connectivity index (χ2v) is 30.9. The fourth-order valence-corrected chi connectivity index (χ4v) is 15.7. The molecule has 2 nitrogen and oxygen atoms in total. The van der Waals surface area contributed by atoms with E-state index in [9.17, 15) is 0 Å². The quantitative estimate of drug-likeness (QED) is 0.163. The minimum Gasteiger partial charge on any atom is -0.311 e. The molecule has 0 N–H and O–H groups in total. The van der Waals surface area contributed by atoms with E-state index >= 15 is 0 Å². The molecule has 74 heavy (non-hydrogen) atoms. The maximum Gasteiger partial charge on any atom is 0.264 e. The lowest BCUT2D eigenvalue weighted by atomic mass is 9.35. The van der Waals surface area contributed by atoms with Gasteiger partial charge in [0.1, 0.15) is 0 Å². The van der Waals surface area contributed by atoms with Crippen molar-refractivity contribution in [1.29, 1.82) is 0 Å². The predicted molar refractivity (Wildman–Crippen MR) is 325 cm³/mol. The Hall–Kier alpha value is -5.06. The first-order chi connectivity index (χ1) is 34.4. The van der Waals surface area contributed by atoms with E-state index in [-0.39, 0.29) is 50.0 Å². The molecule has 7 aromatic rings. The third-order valence-electron chi connectivity index (χ3n) is 19.8. The molecule has 4 heteroatoms. The Balaban J connectivity index is 1.26.